The van der Waals surface area contributed by atoms with Crippen molar-refractivity contribution in [1.29, 1.82) is 5.41 Å². The van der Waals surface area contributed by atoms with Crippen LogP contribution in [0, 0.1) is 17.2 Å². The van der Waals surface area contributed by atoms with Gasteiger partial charge in [-0.1, -0.05) is 30.3 Å². The minimum absolute atomic E-state index is 0.000559. The molecule has 2 fully saturated rings. The van der Waals surface area contributed by atoms with Crippen LogP contribution in [-0.2, 0) is 14.3 Å². The van der Waals surface area contributed by atoms with Gasteiger partial charge in [0.15, 0.2) is 0 Å². The molecule has 0 spiro atoms. The third-order valence-corrected chi connectivity index (χ3v) is 9.54. The number of likely N-dealkylation sites (tertiary alicyclic amines) is 1. The number of aromatic nitrogens is 1. The molecule has 1 aromatic carbocycles. The Bertz CT molecular complexity index is 1580. The van der Waals surface area contributed by atoms with Gasteiger partial charge in [0.2, 0.25) is 11.8 Å². The number of amides is 2. The molecular formula is C36H49N9O3. The van der Waals surface area contributed by atoms with Crippen molar-refractivity contribution in [2.24, 2.45) is 27.6 Å². The Labute approximate surface area is 283 Å². The van der Waals surface area contributed by atoms with Crippen LogP contribution in [0.2, 0.25) is 0 Å². The molecule has 0 aliphatic carbocycles. The molecule has 0 bridgehead atoms. The normalized spacial score (nSPS) is 23.7. The van der Waals surface area contributed by atoms with Crippen LogP contribution in [0.15, 0.2) is 52.5 Å². The molecule has 48 heavy (non-hydrogen) atoms. The van der Waals surface area contributed by atoms with E-state index in [0.717, 1.165) is 30.4 Å². The van der Waals surface area contributed by atoms with Crippen molar-refractivity contribution in [3.8, 4) is 0 Å². The van der Waals surface area contributed by atoms with Crippen molar-refractivity contribution in [2.75, 3.05) is 56.9 Å². The van der Waals surface area contributed by atoms with Gasteiger partial charge in [0.05, 0.1) is 36.1 Å². The maximum Gasteiger partial charge on any atom is 0.237 e. The SMILES string of the molecule is CCN(C(=O)[C@@H]1CCN(CC(=O)N2CC=C(c3ccc(C(N)=NC=NC)cc3)CC2)C1)c1ccc(N)c(C(=N)C2C[C@@H](C)O[C@@H](C)C2)n1. The molecule has 256 valence electrons. The summed E-state index contributed by atoms with van der Waals surface area (Å²) in [6, 6.07) is 11.5. The fraction of sp³-hybridized carbons (Fsp3) is 0.500. The molecule has 5 rings (SSSR count). The van der Waals surface area contributed by atoms with E-state index in [4.69, 9.17) is 26.6 Å². The highest BCUT2D eigenvalue weighted by atomic mass is 16.5. The van der Waals surface area contributed by atoms with Crippen LogP contribution in [0.1, 0.15) is 63.3 Å². The molecule has 2 amide bonds. The highest BCUT2D eigenvalue weighted by Gasteiger charge is 2.34. The summed E-state index contributed by atoms with van der Waals surface area (Å²) in [7, 11) is 1.65. The number of ether oxygens (including phenoxy) is 1. The molecular weight excluding hydrogens is 606 g/mol. The van der Waals surface area contributed by atoms with E-state index in [-0.39, 0.29) is 42.4 Å². The summed E-state index contributed by atoms with van der Waals surface area (Å²) >= 11 is 0. The lowest BCUT2D eigenvalue weighted by molar-refractivity contribution is -0.132. The van der Waals surface area contributed by atoms with Crippen molar-refractivity contribution in [2.45, 2.75) is 58.7 Å². The highest BCUT2D eigenvalue weighted by molar-refractivity contribution is 6.04. The van der Waals surface area contributed by atoms with Gasteiger partial charge in [-0.3, -0.25) is 24.4 Å². The van der Waals surface area contributed by atoms with E-state index < -0.39 is 0 Å². The average Bonchev–Trinajstić information content (AvgIpc) is 3.56. The molecule has 12 heteroatoms. The zero-order chi connectivity index (χ0) is 34.4. The predicted octanol–water partition coefficient (Wildman–Crippen LogP) is 3.59. The van der Waals surface area contributed by atoms with Crippen molar-refractivity contribution in [1.82, 2.24) is 14.8 Å². The van der Waals surface area contributed by atoms with Gasteiger partial charge in [-0.2, -0.15) is 0 Å². The molecule has 0 saturated carbocycles. The van der Waals surface area contributed by atoms with Gasteiger partial charge in [-0.25, -0.2) is 9.98 Å². The number of aliphatic imine (C=N–C) groups is 2. The number of hydrogen-bond donors (Lipinski definition) is 3. The summed E-state index contributed by atoms with van der Waals surface area (Å²) in [5.41, 5.74) is 16.7. The quantitative estimate of drug-likeness (QED) is 0.260. The number of benzene rings is 1. The van der Waals surface area contributed by atoms with E-state index in [2.05, 4.69) is 21.0 Å². The van der Waals surface area contributed by atoms with Crippen molar-refractivity contribution < 1.29 is 14.3 Å². The summed E-state index contributed by atoms with van der Waals surface area (Å²) in [5.74, 6) is 0.744. The lowest BCUT2D eigenvalue weighted by Gasteiger charge is -2.32. The van der Waals surface area contributed by atoms with Crippen LogP contribution in [0.5, 0.6) is 0 Å². The van der Waals surface area contributed by atoms with Crippen molar-refractivity contribution >= 4 is 46.8 Å². The van der Waals surface area contributed by atoms with Crippen LogP contribution in [0.25, 0.3) is 5.57 Å². The first-order valence-corrected chi connectivity index (χ1v) is 16.9. The van der Waals surface area contributed by atoms with Gasteiger partial charge >= 0.3 is 0 Å². The van der Waals surface area contributed by atoms with Crippen LogP contribution < -0.4 is 16.4 Å². The standard InChI is InChI=1S/C36H49N9O3/c1-5-45(31-11-10-30(37)34(42-31)33(38)29-18-23(2)48-24(3)19-29)36(47)28-12-15-43(20-28)21-32(46)44-16-13-26(14-17-44)25-6-8-27(9-7-25)35(39)41-22-40-4/h6-11,13,22-24,28-29,38H,5,12,14-21,37H2,1-4H3,(H2,39,40,41)/t23-,24+,28-,29?/m1/s1. The molecule has 4 heterocycles. The Morgan fingerprint density at radius 2 is 1.83 bits per heavy atom. The summed E-state index contributed by atoms with van der Waals surface area (Å²) < 4.78 is 5.87. The Morgan fingerprint density at radius 1 is 1.10 bits per heavy atom. The van der Waals surface area contributed by atoms with Gasteiger partial charge in [0, 0.05) is 44.7 Å². The van der Waals surface area contributed by atoms with Gasteiger partial charge in [0.25, 0.3) is 0 Å². The third-order valence-electron chi connectivity index (χ3n) is 9.54. The summed E-state index contributed by atoms with van der Waals surface area (Å²) in [6.07, 6.45) is 6.60. The number of nitrogen functional groups attached to an aromatic ring is 1. The van der Waals surface area contributed by atoms with E-state index in [9.17, 15) is 9.59 Å². The van der Waals surface area contributed by atoms with Gasteiger partial charge < -0.3 is 26.5 Å². The van der Waals surface area contributed by atoms with E-state index >= 15 is 0 Å². The second-order valence-corrected chi connectivity index (χ2v) is 13.0. The zero-order valence-electron chi connectivity index (χ0n) is 28.6. The zero-order valence-corrected chi connectivity index (χ0v) is 28.6. The average molecular weight is 656 g/mol. The number of anilines is 2. The summed E-state index contributed by atoms with van der Waals surface area (Å²) in [4.78, 5) is 45.4. The van der Waals surface area contributed by atoms with E-state index in [0.29, 0.717) is 67.9 Å². The topological polar surface area (TPSA) is 167 Å². The second-order valence-electron chi connectivity index (χ2n) is 13.0. The van der Waals surface area contributed by atoms with Gasteiger partial charge in [0.1, 0.15) is 23.7 Å². The maximum absolute atomic E-state index is 13.8. The lowest BCUT2D eigenvalue weighted by atomic mass is 9.86. The monoisotopic (exact) mass is 655 g/mol. The minimum atomic E-state index is -0.235. The van der Waals surface area contributed by atoms with E-state index in [1.54, 1.807) is 24.1 Å². The van der Waals surface area contributed by atoms with Crippen LogP contribution in [-0.4, -0.2) is 103 Å². The van der Waals surface area contributed by atoms with Crippen LogP contribution >= 0.6 is 0 Å². The highest BCUT2D eigenvalue weighted by Crippen LogP contribution is 2.30. The Balaban J connectivity index is 1.16. The van der Waals surface area contributed by atoms with Crippen molar-refractivity contribution in [3.63, 3.8) is 0 Å². The number of nitrogens with one attached hydrogen (secondary N) is 1. The Kier molecular flexibility index (Phi) is 11.4. The molecule has 4 atom stereocenters. The molecule has 2 saturated heterocycles. The third kappa shape index (κ3) is 8.16. The first-order chi connectivity index (χ1) is 23.1. The number of pyridine rings is 1. The fourth-order valence-corrected chi connectivity index (χ4v) is 6.99. The van der Waals surface area contributed by atoms with Gasteiger partial charge in [-0.15, -0.1) is 0 Å². The second kappa shape index (κ2) is 15.7. The number of hydrogen-bond acceptors (Lipinski definition) is 8. The Morgan fingerprint density at radius 3 is 2.48 bits per heavy atom. The number of rotatable bonds is 10. The molecule has 1 aromatic heterocycles. The van der Waals surface area contributed by atoms with Crippen LogP contribution in [0.4, 0.5) is 11.5 Å². The summed E-state index contributed by atoms with van der Waals surface area (Å²) in [5, 5.41) is 8.93. The number of carbonyl (C=O) groups is 2. The smallest absolute Gasteiger partial charge is 0.237 e. The lowest BCUT2D eigenvalue weighted by Crippen LogP contribution is -2.42. The number of amidine groups is 1. The first-order valence-electron chi connectivity index (χ1n) is 16.9. The predicted molar refractivity (Wildman–Crippen MR) is 192 cm³/mol. The Hall–Kier alpha value is -4.42. The van der Waals surface area contributed by atoms with Crippen LogP contribution in [0.3, 0.4) is 0 Å². The first kappa shape index (κ1) is 34.9. The van der Waals surface area contributed by atoms with Gasteiger partial charge in [-0.05, 0) is 76.3 Å². The molecule has 5 N–H and O–H groups in total. The van der Waals surface area contributed by atoms with E-state index in [1.807, 2.05) is 49.9 Å². The van der Waals surface area contributed by atoms with E-state index in [1.165, 1.54) is 11.9 Å². The molecule has 1 unspecified atom stereocenters. The molecule has 3 aliphatic heterocycles. The summed E-state index contributed by atoms with van der Waals surface area (Å²) in [6.45, 7) is 9.13. The largest absolute Gasteiger partial charge is 0.397 e. The minimum Gasteiger partial charge on any atom is -0.397 e. The number of carbonyl (C=O) groups excluding carboxylic acids is 2. The van der Waals surface area contributed by atoms with Crippen molar-refractivity contribution in [3.05, 3.63) is 59.3 Å². The molecule has 2 aromatic rings. The molecule has 0 radical (unpaired) electrons. The molecule has 12 nitrogen and oxygen atoms in total. The molecule has 3 aliphatic rings. The number of nitrogens with zero attached hydrogens (tertiary/aromatic N) is 6. The fourth-order valence-electron chi connectivity index (χ4n) is 6.99. The maximum atomic E-state index is 13.8. The number of nitrogens with two attached hydrogens (primary N) is 2.